The van der Waals surface area contributed by atoms with Gasteiger partial charge in [-0.2, -0.15) is 10.5 Å². The number of allylic oxidation sites excluding steroid dienone is 1. The number of ether oxygens (including phenoxy) is 2. The average molecular weight is 256 g/mol. The van der Waals surface area contributed by atoms with E-state index in [1.54, 1.807) is 12.1 Å². The Labute approximate surface area is 107 Å². The maximum absolute atomic E-state index is 9.01. The number of rotatable bonds is 3. The minimum atomic E-state index is 0.223. The first-order valence-corrected chi connectivity index (χ1v) is 5.37. The van der Waals surface area contributed by atoms with E-state index in [9.17, 15) is 0 Å². The third kappa shape index (κ3) is 2.16. The summed E-state index contributed by atoms with van der Waals surface area (Å²) in [5, 5.41) is 25.1. The Kier molecular flexibility index (Phi) is 2.70. The SMILES string of the molecule is N#CC(=CNc1ccc2c(c1)OCO2)c1nn[nH]n1. The van der Waals surface area contributed by atoms with Crippen molar-refractivity contribution < 1.29 is 9.47 Å². The van der Waals surface area contributed by atoms with Crippen molar-refractivity contribution in [3.05, 3.63) is 30.2 Å². The Balaban J connectivity index is 1.80. The summed E-state index contributed by atoms with van der Waals surface area (Å²) in [5.41, 5.74) is 1.03. The standard InChI is InChI=1S/C11H8N6O2/c12-4-7(11-14-16-17-15-11)5-13-8-1-2-9-10(3-8)19-6-18-9/h1-3,5,13H,6H2,(H,14,15,16,17). The molecule has 0 unspecified atom stereocenters. The highest BCUT2D eigenvalue weighted by atomic mass is 16.7. The molecule has 0 saturated heterocycles. The van der Waals surface area contributed by atoms with Crippen LogP contribution < -0.4 is 14.8 Å². The van der Waals surface area contributed by atoms with Gasteiger partial charge in [-0.05, 0) is 17.3 Å². The van der Waals surface area contributed by atoms with Crippen LogP contribution in [0.3, 0.4) is 0 Å². The van der Waals surface area contributed by atoms with Gasteiger partial charge >= 0.3 is 0 Å². The van der Waals surface area contributed by atoms with Gasteiger partial charge in [-0.25, -0.2) is 0 Å². The summed E-state index contributed by atoms with van der Waals surface area (Å²) in [6.07, 6.45) is 1.50. The zero-order valence-electron chi connectivity index (χ0n) is 9.62. The summed E-state index contributed by atoms with van der Waals surface area (Å²) in [5.74, 6) is 1.60. The highest BCUT2D eigenvalue weighted by molar-refractivity contribution is 5.74. The van der Waals surface area contributed by atoms with Crippen LogP contribution in [0.4, 0.5) is 5.69 Å². The molecular weight excluding hydrogens is 248 g/mol. The molecule has 0 fully saturated rings. The monoisotopic (exact) mass is 256 g/mol. The molecule has 2 aromatic rings. The van der Waals surface area contributed by atoms with Crippen LogP contribution in [0.2, 0.25) is 0 Å². The van der Waals surface area contributed by atoms with Crippen molar-refractivity contribution >= 4 is 11.3 Å². The number of fused-ring (bicyclic) bond motifs is 1. The molecule has 0 amide bonds. The van der Waals surface area contributed by atoms with Crippen molar-refractivity contribution in [2.75, 3.05) is 12.1 Å². The number of nitrogens with zero attached hydrogens (tertiary/aromatic N) is 4. The molecular formula is C11H8N6O2. The Morgan fingerprint density at radius 1 is 1.42 bits per heavy atom. The maximum atomic E-state index is 9.01. The molecule has 0 radical (unpaired) electrons. The van der Waals surface area contributed by atoms with Gasteiger partial charge in [0, 0.05) is 18.0 Å². The molecule has 0 bridgehead atoms. The maximum Gasteiger partial charge on any atom is 0.231 e. The lowest BCUT2D eigenvalue weighted by Crippen LogP contribution is -1.93. The molecule has 8 heteroatoms. The van der Waals surface area contributed by atoms with Gasteiger partial charge in [-0.3, -0.25) is 0 Å². The summed E-state index contributed by atoms with van der Waals surface area (Å²) in [6.45, 7) is 0.223. The third-order valence-electron chi connectivity index (χ3n) is 2.46. The molecule has 0 saturated carbocycles. The second-order valence-corrected chi connectivity index (χ2v) is 3.62. The molecule has 0 spiro atoms. The highest BCUT2D eigenvalue weighted by Gasteiger charge is 2.13. The number of hydrogen-bond donors (Lipinski definition) is 2. The van der Waals surface area contributed by atoms with Gasteiger partial charge in [-0.1, -0.05) is 0 Å². The summed E-state index contributed by atoms with van der Waals surface area (Å²) in [7, 11) is 0. The quantitative estimate of drug-likeness (QED) is 0.785. The van der Waals surface area contributed by atoms with Crippen LogP contribution >= 0.6 is 0 Å². The molecule has 8 nitrogen and oxygen atoms in total. The van der Waals surface area contributed by atoms with E-state index >= 15 is 0 Å². The van der Waals surface area contributed by atoms with Gasteiger partial charge in [0.2, 0.25) is 12.6 Å². The lowest BCUT2D eigenvalue weighted by molar-refractivity contribution is 0.174. The fourth-order valence-corrected chi connectivity index (χ4v) is 1.56. The van der Waals surface area contributed by atoms with E-state index < -0.39 is 0 Å². The van der Waals surface area contributed by atoms with Gasteiger partial charge in [0.05, 0.1) is 0 Å². The normalized spacial score (nSPS) is 13.1. The van der Waals surface area contributed by atoms with E-state index in [2.05, 4.69) is 25.9 Å². The van der Waals surface area contributed by atoms with Crippen molar-refractivity contribution in [1.82, 2.24) is 20.6 Å². The van der Waals surface area contributed by atoms with E-state index in [4.69, 9.17) is 14.7 Å². The predicted octanol–water partition coefficient (Wildman–Crippen LogP) is 0.905. The lowest BCUT2D eigenvalue weighted by Gasteiger charge is -2.02. The number of aromatic amines is 1. The number of nitrogens with one attached hydrogen (secondary N) is 2. The molecule has 1 aromatic carbocycles. The molecule has 19 heavy (non-hydrogen) atoms. The Hall–Kier alpha value is -3.08. The number of aromatic nitrogens is 4. The number of hydrogen-bond acceptors (Lipinski definition) is 7. The largest absolute Gasteiger partial charge is 0.454 e. The topological polar surface area (TPSA) is 109 Å². The highest BCUT2D eigenvalue weighted by Crippen LogP contribution is 2.34. The molecule has 2 heterocycles. The fraction of sp³-hybridized carbons (Fsp3) is 0.0909. The van der Waals surface area contributed by atoms with Gasteiger partial charge in [0.15, 0.2) is 11.5 Å². The minimum absolute atomic E-state index is 0.223. The first kappa shape index (κ1) is 11.0. The van der Waals surface area contributed by atoms with Gasteiger partial charge in [-0.15, -0.1) is 10.2 Å². The molecule has 2 N–H and O–H groups in total. The molecule has 1 aliphatic rings. The van der Waals surface area contributed by atoms with E-state index in [0.717, 1.165) is 5.69 Å². The van der Waals surface area contributed by atoms with Crippen LogP contribution in [0.1, 0.15) is 5.82 Å². The predicted molar refractivity (Wildman–Crippen MR) is 64.0 cm³/mol. The van der Waals surface area contributed by atoms with Crippen LogP contribution in [0.25, 0.3) is 5.57 Å². The number of nitriles is 1. The van der Waals surface area contributed by atoms with Gasteiger partial charge < -0.3 is 14.8 Å². The average Bonchev–Trinajstić information content (AvgIpc) is 3.10. The van der Waals surface area contributed by atoms with E-state index in [1.807, 2.05) is 12.1 Å². The van der Waals surface area contributed by atoms with Crippen molar-refractivity contribution in [1.29, 1.82) is 5.26 Å². The van der Waals surface area contributed by atoms with Crippen molar-refractivity contribution in [3.63, 3.8) is 0 Å². The molecule has 0 atom stereocenters. The lowest BCUT2D eigenvalue weighted by atomic mass is 10.2. The van der Waals surface area contributed by atoms with Crippen molar-refractivity contribution in [2.45, 2.75) is 0 Å². The molecule has 1 aromatic heterocycles. The smallest absolute Gasteiger partial charge is 0.231 e. The summed E-state index contributed by atoms with van der Waals surface area (Å²) < 4.78 is 10.5. The summed E-state index contributed by atoms with van der Waals surface area (Å²) >= 11 is 0. The molecule has 3 rings (SSSR count). The van der Waals surface area contributed by atoms with E-state index in [1.165, 1.54) is 6.20 Å². The van der Waals surface area contributed by atoms with Crippen LogP contribution in [0.5, 0.6) is 11.5 Å². The number of benzene rings is 1. The Bertz CT molecular complexity index is 658. The van der Waals surface area contributed by atoms with E-state index in [0.29, 0.717) is 11.5 Å². The van der Waals surface area contributed by atoms with Crippen molar-refractivity contribution in [2.24, 2.45) is 0 Å². The Morgan fingerprint density at radius 3 is 3.11 bits per heavy atom. The first-order valence-electron chi connectivity index (χ1n) is 5.37. The first-order chi connectivity index (χ1) is 9.36. The summed E-state index contributed by atoms with van der Waals surface area (Å²) in [4.78, 5) is 0. The van der Waals surface area contributed by atoms with Crippen LogP contribution in [-0.4, -0.2) is 27.4 Å². The number of H-pyrrole nitrogens is 1. The minimum Gasteiger partial charge on any atom is -0.454 e. The number of anilines is 1. The van der Waals surface area contributed by atoms with E-state index in [-0.39, 0.29) is 18.2 Å². The van der Waals surface area contributed by atoms with Gasteiger partial charge in [0.1, 0.15) is 11.6 Å². The molecule has 0 aliphatic carbocycles. The molecule has 94 valence electrons. The van der Waals surface area contributed by atoms with Crippen LogP contribution in [0, 0.1) is 11.3 Å². The zero-order valence-corrected chi connectivity index (χ0v) is 9.62. The molecule has 1 aliphatic heterocycles. The Morgan fingerprint density at radius 2 is 2.32 bits per heavy atom. The second kappa shape index (κ2) is 4.66. The van der Waals surface area contributed by atoms with Gasteiger partial charge in [0.25, 0.3) is 0 Å². The summed E-state index contributed by atoms with van der Waals surface area (Å²) in [6, 6.07) is 7.37. The van der Waals surface area contributed by atoms with Crippen LogP contribution in [-0.2, 0) is 0 Å². The number of tetrazole rings is 1. The second-order valence-electron chi connectivity index (χ2n) is 3.62. The fourth-order valence-electron chi connectivity index (χ4n) is 1.56. The third-order valence-corrected chi connectivity index (χ3v) is 2.46. The van der Waals surface area contributed by atoms with Crippen LogP contribution in [0.15, 0.2) is 24.4 Å². The van der Waals surface area contributed by atoms with Crippen molar-refractivity contribution in [3.8, 4) is 17.6 Å². The zero-order chi connectivity index (χ0) is 13.1.